The van der Waals surface area contributed by atoms with Crippen LogP contribution in [0.25, 0.3) is 22.0 Å². The fourth-order valence-corrected chi connectivity index (χ4v) is 4.94. The van der Waals surface area contributed by atoms with E-state index in [1.807, 2.05) is 44.2 Å². The van der Waals surface area contributed by atoms with Gasteiger partial charge >= 0.3 is 0 Å². The van der Waals surface area contributed by atoms with Crippen LogP contribution < -0.4 is 9.46 Å². The monoisotopic (exact) mass is 440 g/mol. The standard InChI is InChI=1S/C21H20N4O3S2/c1-12(2)28-19-13(11-22)5-3-8-17(19)21-23-20(24-29-21)16-7-4-6-15-14(16)9-10-18(15)25-30(26)27/h3-8,12,18,30H,9-10H2,1-2H3,(H,25,26,27). The van der Waals surface area contributed by atoms with E-state index in [0.717, 1.165) is 28.7 Å². The highest BCUT2D eigenvalue weighted by Crippen LogP contribution is 2.39. The molecule has 4 rings (SSSR count). The summed E-state index contributed by atoms with van der Waals surface area (Å²) in [7, 11) is -2.66. The second-order valence-electron chi connectivity index (χ2n) is 7.23. The van der Waals surface area contributed by atoms with E-state index < -0.39 is 10.9 Å². The minimum Gasteiger partial charge on any atom is -0.489 e. The highest BCUT2D eigenvalue weighted by Gasteiger charge is 2.27. The lowest BCUT2D eigenvalue weighted by Crippen LogP contribution is -2.16. The van der Waals surface area contributed by atoms with Gasteiger partial charge in [-0.3, -0.25) is 0 Å². The zero-order chi connectivity index (χ0) is 21.3. The number of thiol groups is 1. The number of aromatic nitrogens is 2. The molecule has 154 valence electrons. The van der Waals surface area contributed by atoms with E-state index in [1.54, 1.807) is 6.07 Å². The summed E-state index contributed by atoms with van der Waals surface area (Å²) in [6, 6.07) is 13.2. The van der Waals surface area contributed by atoms with E-state index >= 15 is 0 Å². The van der Waals surface area contributed by atoms with E-state index in [1.165, 1.54) is 11.5 Å². The first-order valence-electron chi connectivity index (χ1n) is 9.54. The zero-order valence-corrected chi connectivity index (χ0v) is 18.2. The van der Waals surface area contributed by atoms with Crippen molar-refractivity contribution in [1.29, 1.82) is 5.26 Å². The Balaban J connectivity index is 1.74. The highest BCUT2D eigenvalue weighted by molar-refractivity contribution is 7.70. The summed E-state index contributed by atoms with van der Waals surface area (Å²) >= 11 is 1.25. The molecular weight excluding hydrogens is 420 g/mol. The van der Waals surface area contributed by atoms with Crippen molar-refractivity contribution in [3.63, 3.8) is 0 Å². The summed E-state index contributed by atoms with van der Waals surface area (Å²) in [6.07, 6.45) is 1.38. The maximum Gasteiger partial charge on any atom is 0.201 e. The Morgan fingerprint density at radius 2 is 2.00 bits per heavy atom. The highest BCUT2D eigenvalue weighted by atomic mass is 32.2. The number of rotatable bonds is 6. The lowest BCUT2D eigenvalue weighted by atomic mass is 10.0. The predicted octanol–water partition coefficient (Wildman–Crippen LogP) is 3.63. The second-order valence-corrected chi connectivity index (χ2v) is 8.76. The quantitative estimate of drug-likeness (QED) is 0.567. The minimum atomic E-state index is -2.66. The summed E-state index contributed by atoms with van der Waals surface area (Å²) in [6.45, 7) is 3.83. The third kappa shape index (κ3) is 3.94. The molecular formula is C21H20N4O3S2. The van der Waals surface area contributed by atoms with Crippen LogP contribution in [0.5, 0.6) is 5.75 Å². The van der Waals surface area contributed by atoms with Crippen molar-refractivity contribution in [3.8, 4) is 33.8 Å². The first-order chi connectivity index (χ1) is 14.5. The Morgan fingerprint density at radius 1 is 1.23 bits per heavy atom. The van der Waals surface area contributed by atoms with Crippen molar-refractivity contribution >= 4 is 22.4 Å². The van der Waals surface area contributed by atoms with Gasteiger partial charge < -0.3 is 4.74 Å². The van der Waals surface area contributed by atoms with Gasteiger partial charge in [-0.2, -0.15) is 9.64 Å². The van der Waals surface area contributed by atoms with Gasteiger partial charge in [0.2, 0.25) is 10.9 Å². The molecule has 2 aromatic carbocycles. The Morgan fingerprint density at radius 3 is 2.73 bits per heavy atom. The van der Waals surface area contributed by atoms with Crippen molar-refractivity contribution in [2.75, 3.05) is 0 Å². The molecule has 0 spiro atoms. The molecule has 1 unspecified atom stereocenters. The maximum atomic E-state index is 11.1. The molecule has 1 aliphatic rings. The van der Waals surface area contributed by atoms with E-state index in [9.17, 15) is 13.7 Å². The average Bonchev–Trinajstić information content (AvgIpc) is 3.35. The predicted molar refractivity (Wildman–Crippen MR) is 116 cm³/mol. The van der Waals surface area contributed by atoms with Crippen molar-refractivity contribution in [3.05, 3.63) is 53.1 Å². The number of hydrogen-bond acceptors (Lipinski definition) is 7. The van der Waals surface area contributed by atoms with Crippen molar-refractivity contribution in [2.45, 2.75) is 38.8 Å². The number of ether oxygens (including phenoxy) is 1. The molecule has 0 bridgehead atoms. The fraction of sp³-hybridized carbons (Fsp3) is 0.286. The third-order valence-electron chi connectivity index (χ3n) is 4.92. The summed E-state index contributed by atoms with van der Waals surface area (Å²) in [5.74, 6) is 1.11. The van der Waals surface area contributed by atoms with Gasteiger partial charge in [0.05, 0.1) is 17.2 Å². The lowest BCUT2D eigenvalue weighted by molar-refractivity contribution is 0.243. The molecule has 1 N–H and O–H groups in total. The van der Waals surface area contributed by atoms with Gasteiger partial charge in [0.15, 0.2) is 5.82 Å². The molecule has 1 atom stereocenters. The molecule has 0 amide bonds. The fourth-order valence-electron chi connectivity index (χ4n) is 3.72. The molecule has 0 saturated heterocycles. The Bertz CT molecular complexity index is 1200. The number of nitrogens with zero attached hydrogens (tertiary/aromatic N) is 3. The van der Waals surface area contributed by atoms with Gasteiger partial charge in [0, 0.05) is 11.6 Å². The molecule has 1 aliphatic carbocycles. The topological polar surface area (TPSA) is 105 Å². The number of para-hydroxylation sites is 1. The average molecular weight is 441 g/mol. The molecule has 3 aromatic rings. The van der Waals surface area contributed by atoms with Crippen LogP contribution in [0.3, 0.4) is 0 Å². The molecule has 7 nitrogen and oxygen atoms in total. The van der Waals surface area contributed by atoms with Crippen LogP contribution in [0.2, 0.25) is 0 Å². The minimum absolute atomic E-state index is 0.0834. The van der Waals surface area contributed by atoms with E-state index in [2.05, 4.69) is 15.2 Å². The molecule has 0 radical (unpaired) electrons. The molecule has 1 aromatic heterocycles. The zero-order valence-electron chi connectivity index (χ0n) is 16.5. The second kappa shape index (κ2) is 8.52. The first kappa shape index (κ1) is 20.5. The van der Waals surface area contributed by atoms with Gasteiger partial charge in [-0.25, -0.2) is 18.1 Å². The molecule has 9 heteroatoms. The largest absolute Gasteiger partial charge is 0.489 e. The van der Waals surface area contributed by atoms with Crippen molar-refractivity contribution in [1.82, 2.24) is 14.1 Å². The maximum absolute atomic E-state index is 11.1. The Labute approximate surface area is 180 Å². The SMILES string of the molecule is CC(C)Oc1c(C#N)cccc1-c1nc(-c2cccc3c2CCC3N[SH](=O)=O)ns1. The summed E-state index contributed by atoms with van der Waals surface area (Å²) in [4.78, 5) is 4.74. The van der Waals surface area contributed by atoms with Crippen LogP contribution >= 0.6 is 11.5 Å². The van der Waals surface area contributed by atoms with Crippen LogP contribution in [0.1, 0.15) is 43.0 Å². The van der Waals surface area contributed by atoms with Gasteiger partial charge in [-0.15, -0.1) is 0 Å². The molecule has 0 saturated carbocycles. The Kier molecular flexibility index (Phi) is 5.81. The van der Waals surface area contributed by atoms with Gasteiger partial charge in [-0.1, -0.05) is 24.3 Å². The number of nitrogens with one attached hydrogen (secondary N) is 1. The van der Waals surface area contributed by atoms with Crippen LogP contribution in [-0.4, -0.2) is 23.9 Å². The summed E-state index contributed by atoms with van der Waals surface area (Å²) in [5, 5.41) is 10.1. The first-order valence-corrected chi connectivity index (χ1v) is 11.5. The van der Waals surface area contributed by atoms with Gasteiger partial charge in [0.25, 0.3) is 0 Å². The van der Waals surface area contributed by atoms with Crippen molar-refractivity contribution < 1.29 is 13.2 Å². The third-order valence-corrected chi connectivity index (χ3v) is 6.19. The van der Waals surface area contributed by atoms with Crippen LogP contribution in [0.15, 0.2) is 36.4 Å². The molecule has 1 heterocycles. The van der Waals surface area contributed by atoms with E-state index in [4.69, 9.17) is 9.72 Å². The number of nitriles is 1. The number of benzene rings is 2. The van der Waals surface area contributed by atoms with Crippen LogP contribution in [0.4, 0.5) is 0 Å². The van der Waals surface area contributed by atoms with E-state index in [0.29, 0.717) is 28.6 Å². The summed E-state index contributed by atoms with van der Waals surface area (Å²) in [5.41, 5.74) is 4.14. The van der Waals surface area contributed by atoms with Crippen molar-refractivity contribution in [2.24, 2.45) is 0 Å². The number of hydrogen-bond donors (Lipinski definition) is 2. The normalized spacial score (nSPS) is 15.4. The molecule has 0 aliphatic heterocycles. The summed E-state index contributed by atoms with van der Waals surface area (Å²) < 4.78 is 35.3. The van der Waals surface area contributed by atoms with Gasteiger partial charge in [0.1, 0.15) is 16.8 Å². The lowest BCUT2D eigenvalue weighted by Gasteiger charge is -2.14. The van der Waals surface area contributed by atoms with Gasteiger partial charge in [-0.05, 0) is 61.5 Å². The molecule has 30 heavy (non-hydrogen) atoms. The van der Waals surface area contributed by atoms with Crippen LogP contribution in [-0.2, 0) is 17.3 Å². The molecule has 0 fully saturated rings. The Hall–Kier alpha value is -2.80. The van der Waals surface area contributed by atoms with E-state index in [-0.39, 0.29) is 12.1 Å². The smallest absolute Gasteiger partial charge is 0.201 e. The van der Waals surface area contributed by atoms with Crippen LogP contribution in [0, 0.1) is 11.3 Å². The number of fused-ring (bicyclic) bond motifs is 1.